The number of carbonyl (C=O) groups excluding carboxylic acids is 1. The van der Waals surface area contributed by atoms with E-state index < -0.39 is 0 Å². The third-order valence-electron chi connectivity index (χ3n) is 4.55. The zero-order valence-corrected chi connectivity index (χ0v) is 13.3. The maximum atomic E-state index is 12.8. The van der Waals surface area contributed by atoms with E-state index in [4.69, 9.17) is 4.74 Å². The fourth-order valence-corrected chi connectivity index (χ4v) is 3.33. The van der Waals surface area contributed by atoms with Crippen LogP contribution in [0, 0.1) is 6.92 Å². The van der Waals surface area contributed by atoms with Crippen molar-refractivity contribution in [3.8, 4) is 0 Å². The maximum Gasteiger partial charge on any atom is 0.254 e. The standard InChI is InChI=1S/C17H25N3O2/c1-14-11-18-6-5-16(14)17(21)20-9-4-10-22-15(13-20)12-19-7-2-3-8-19/h5-6,11,15H,2-4,7-10,12-13H2,1H3. The Labute approximate surface area is 132 Å². The molecule has 0 spiro atoms. The number of likely N-dealkylation sites (tertiary alicyclic amines) is 1. The average Bonchev–Trinajstić information content (AvgIpc) is 2.91. The molecule has 2 aliphatic rings. The monoisotopic (exact) mass is 303 g/mol. The lowest BCUT2D eigenvalue weighted by atomic mass is 10.1. The highest BCUT2D eigenvalue weighted by Crippen LogP contribution is 2.16. The van der Waals surface area contributed by atoms with E-state index in [9.17, 15) is 4.79 Å². The Balaban J connectivity index is 1.66. The van der Waals surface area contributed by atoms with E-state index in [2.05, 4.69) is 9.88 Å². The van der Waals surface area contributed by atoms with Crippen molar-refractivity contribution in [1.82, 2.24) is 14.8 Å². The number of aromatic nitrogens is 1. The summed E-state index contributed by atoms with van der Waals surface area (Å²) in [6, 6.07) is 1.82. The van der Waals surface area contributed by atoms with Gasteiger partial charge in [-0.25, -0.2) is 0 Å². The number of nitrogens with zero attached hydrogens (tertiary/aromatic N) is 3. The number of pyridine rings is 1. The molecule has 120 valence electrons. The molecule has 3 heterocycles. The fourth-order valence-electron chi connectivity index (χ4n) is 3.33. The van der Waals surface area contributed by atoms with Crippen molar-refractivity contribution >= 4 is 5.91 Å². The topological polar surface area (TPSA) is 45.7 Å². The molecule has 0 aromatic carbocycles. The summed E-state index contributed by atoms with van der Waals surface area (Å²) in [6.45, 7) is 7.43. The number of ether oxygens (including phenoxy) is 1. The molecule has 0 saturated carbocycles. The maximum absolute atomic E-state index is 12.8. The minimum absolute atomic E-state index is 0.108. The second-order valence-corrected chi connectivity index (χ2v) is 6.30. The summed E-state index contributed by atoms with van der Waals surface area (Å²) >= 11 is 0. The minimum atomic E-state index is 0.108. The van der Waals surface area contributed by atoms with Gasteiger partial charge < -0.3 is 14.5 Å². The van der Waals surface area contributed by atoms with Crippen LogP contribution in [0.25, 0.3) is 0 Å². The Morgan fingerprint density at radius 1 is 1.32 bits per heavy atom. The van der Waals surface area contributed by atoms with Crippen molar-refractivity contribution in [2.45, 2.75) is 32.3 Å². The Kier molecular flexibility index (Phi) is 5.05. The van der Waals surface area contributed by atoms with Crippen molar-refractivity contribution < 1.29 is 9.53 Å². The molecule has 22 heavy (non-hydrogen) atoms. The van der Waals surface area contributed by atoms with E-state index >= 15 is 0 Å². The molecule has 2 saturated heterocycles. The Morgan fingerprint density at radius 2 is 2.14 bits per heavy atom. The summed E-state index contributed by atoms with van der Waals surface area (Å²) < 4.78 is 5.96. The van der Waals surface area contributed by atoms with Crippen LogP contribution in [-0.4, -0.2) is 66.1 Å². The highest BCUT2D eigenvalue weighted by molar-refractivity contribution is 5.95. The molecule has 5 nitrogen and oxygen atoms in total. The first-order chi connectivity index (χ1) is 10.7. The molecule has 1 unspecified atom stereocenters. The second-order valence-electron chi connectivity index (χ2n) is 6.30. The van der Waals surface area contributed by atoms with Gasteiger partial charge in [0.05, 0.1) is 6.10 Å². The summed E-state index contributed by atoms with van der Waals surface area (Å²) in [4.78, 5) is 21.3. The second kappa shape index (κ2) is 7.20. The van der Waals surface area contributed by atoms with Gasteiger partial charge in [-0.15, -0.1) is 0 Å². The Hall–Kier alpha value is -1.46. The predicted molar refractivity (Wildman–Crippen MR) is 84.9 cm³/mol. The van der Waals surface area contributed by atoms with Gasteiger partial charge in [0.1, 0.15) is 0 Å². The predicted octanol–water partition coefficient (Wildman–Crippen LogP) is 1.72. The highest BCUT2D eigenvalue weighted by Gasteiger charge is 2.26. The van der Waals surface area contributed by atoms with Gasteiger partial charge in [-0.05, 0) is 50.9 Å². The summed E-state index contributed by atoms with van der Waals surface area (Å²) in [6.07, 6.45) is 7.05. The Bertz CT molecular complexity index is 514. The van der Waals surface area contributed by atoms with Crippen LogP contribution in [0.4, 0.5) is 0 Å². The zero-order chi connectivity index (χ0) is 15.4. The van der Waals surface area contributed by atoms with Crippen molar-refractivity contribution in [3.63, 3.8) is 0 Å². The molecule has 0 aliphatic carbocycles. The van der Waals surface area contributed by atoms with E-state index in [-0.39, 0.29) is 12.0 Å². The molecular formula is C17H25N3O2. The van der Waals surface area contributed by atoms with Crippen LogP contribution in [-0.2, 0) is 4.74 Å². The van der Waals surface area contributed by atoms with Crippen LogP contribution >= 0.6 is 0 Å². The molecule has 2 aliphatic heterocycles. The van der Waals surface area contributed by atoms with E-state index in [1.807, 2.05) is 17.9 Å². The van der Waals surface area contributed by atoms with E-state index in [1.165, 1.54) is 12.8 Å². The van der Waals surface area contributed by atoms with Crippen LogP contribution in [0.5, 0.6) is 0 Å². The van der Waals surface area contributed by atoms with Crippen molar-refractivity contribution in [2.75, 3.05) is 39.3 Å². The lowest BCUT2D eigenvalue weighted by molar-refractivity contribution is 0.0297. The fraction of sp³-hybridized carbons (Fsp3) is 0.647. The van der Waals surface area contributed by atoms with E-state index in [1.54, 1.807) is 12.4 Å². The molecule has 1 atom stereocenters. The van der Waals surface area contributed by atoms with Gasteiger partial charge in [-0.1, -0.05) is 0 Å². The van der Waals surface area contributed by atoms with Crippen LogP contribution in [0.2, 0.25) is 0 Å². The normalized spacial score (nSPS) is 23.5. The summed E-state index contributed by atoms with van der Waals surface area (Å²) in [5.74, 6) is 0.108. The van der Waals surface area contributed by atoms with Crippen LogP contribution < -0.4 is 0 Å². The summed E-state index contributed by atoms with van der Waals surface area (Å²) in [5.41, 5.74) is 1.70. The molecule has 0 radical (unpaired) electrons. The number of rotatable bonds is 3. The molecular weight excluding hydrogens is 278 g/mol. The first-order valence-corrected chi connectivity index (χ1v) is 8.28. The van der Waals surface area contributed by atoms with Gasteiger partial charge in [-0.3, -0.25) is 9.78 Å². The molecule has 0 bridgehead atoms. The molecule has 3 rings (SSSR count). The van der Waals surface area contributed by atoms with Crippen molar-refractivity contribution in [2.24, 2.45) is 0 Å². The van der Waals surface area contributed by atoms with Gasteiger partial charge >= 0.3 is 0 Å². The van der Waals surface area contributed by atoms with Crippen LogP contribution in [0.1, 0.15) is 35.2 Å². The molecule has 0 N–H and O–H groups in total. The Morgan fingerprint density at radius 3 is 2.91 bits per heavy atom. The lowest BCUT2D eigenvalue weighted by Crippen LogP contribution is -2.42. The van der Waals surface area contributed by atoms with Gasteiger partial charge in [0.2, 0.25) is 0 Å². The van der Waals surface area contributed by atoms with Gasteiger partial charge in [0, 0.05) is 44.2 Å². The first-order valence-electron chi connectivity index (χ1n) is 8.28. The highest BCUT2D eigenvalue weighted by atomic mass is 16.5. The van der Waals surface area contributed by atoms with Crippen molar-refractivity contribution in [1.29, 1.82) is 0 Å². The van der Waals surface area contributed by atoms with Gasteiger partial charge in [-0.2, -0.15) is 0 Å². The molecule has 1 aromatic rings. The van der Waals surface area contributed by atoms with E-state index in [0.29, 0.717) is 6.54 Å². The van der Waals surface area contributed by atoms with Crippen molar-refractivity contribution in [3.05, 3.63) is 29.6 Å². The SMILES string of the molecule is Cc1cnccc1C(=O)N1CCCOC(CN2CCCC2)C1. The molecule has 5 heteroatoms. The quantitative estimate of drug-likeness (QED) is 0.853. The number of aryl methyl sites for hydroxylation is 1. The largest absolute Gasteiger partial charge is 0.375 e. The first kappa shape index (κ1) is 15.4. The average molecular weight is 303 g/mol. The number of carbonyl (C=O) groups is 1. The third-order valence-corrected chi connectivity index (χ3v) is 4.55. The smallest absolute Gasteiger partial charge is 0.254 e. The van der Waals surface area contributed by atoms with Gasteiger partial charge in [0.15, 0.2) is 0 Å². The summed E-state index contributed by atoms with van der Waals surface area (Å²) in [5, 5.41) is 0. The van der Waals surface area contributed by atoms with Gasteiger partial charge in [0.25, 0.3) is 5.91 Å². The lowest BCUT2D eigenvalue weighted by Gasteiger charge is -2.27. The third kappa shape index (κ3) is 3.65. The minimum Gasteiger partial charge on any atom is -0.375 e. The number of amides is 1. The summed E-state index contributed by atoms with van der Waals surface area (Å²) in [7, 11) is 0. The number of hydrogen-bond acceptors (Lipinski definition) is 4. The molecule has 2 fully saturated rings. The van der Waals surface area contributed by atoms with Crippen LogP contribution in [0.15, 0.2) is 18.5 Å². The molecule has 1 amide bonds. The zero-order valence-electron chi connectivity index (χ0n) is 13.3. The van der Waals surface area contributed by atoms with Crippen LogP contribution in [0.3, 0.4) is 0 Å². The molecule has 1 aromatic heterocycles. The van der Waals surface area contributed by atoms with E-state index in [0.717, 1.165) is 50.3 Å². The number of hydrogen-bond donors (Lipinski definition) is 0.